The zero-order valence-electron chi connectivity index (χ0n) is 9.93. The number of hydrogen-bond donors (Lipinski definition) is 1. The lowest BCUT2D eigenvalue weighted by molar-refractivity contribution is 0.0633. The van der Waals surface area contributed by atoms with Gasteiger partial charge in [0.25, 0.3) is 0 Å². The van der Waals surface area contributed by atoms with Crippen LogP contribution in [-0.4, -0.2) is 11.2 Å². The van der Waals surface area contributed by atoms with Crippen molar-refractivity contribution in [2.75, 3.05) is 0 Å². The molecule has 17 heavy (non-hydrogen) atoms. The van der Waals surface area contributed by atoms with Gasteiger partial charge in [0, 0.05) is 5.54 Å². The normalized spacial score (nSPS) is 29.6. The molecule has 3 unspecified atom stereocenters. The summed E-state index contributed by atoms with van der Waals surface area (Å²) >= 11 is 5.56. The summed E-state index contributed by atoms with van der Waals surface area (Å²) in [5.41, 5.74) is 2.96. The van der Waals surface area contributed by atoms with E-state index in [1.807, 2.05) is 6.08 Å². The van der Waals surface area contributed by atoms with E-state index in [0.29, 0.717) is 11.8 Å². The molecule has 0 aromatic heterocycles. The maximum Gasteiger partial charge on any atom is 0.0571 e. The zero-order chi connectivity index (χ0) is 12.1. The number of allylic oxidation sites excluding steroid dienone is 1. The second kappa shape index (κ2) is 6.23. The fourth-order valence-electron chi connectivity index (χ4n) is 2.76. The molecule has 0 aliphatic heterocycles. The molecule has 1 aliphatic rings. The number of aliphatic hydroxyl groups excluding tert-OH is 1. The summed E-state index contributed by atoms with van der Waals surface area (Å²) in [7, 11) is 0. The van der Waals surface area contributed by atoms with Crippen LogP contribution in [0.2, 0.25) is 0 Å². The highest BCUT2D eigenvalue weighted by atomic mass is 35.5. The third-order valence-corrected chi connectivity index (χ3v) is 3.92. The first-order chi connectivity index (χ1) is 8.31. The SMILES string of the molecule is OC1CCC(c2ccccc2)CC1C/C=C/Cl. The highest BCUT2D eigenvalue weighted by Crippen LogP contribution is 2.37. The lowest BCUT2D eigenvalue weighted by Gasteiger charge is -2.33. The molecule has 0 heterocycles. The molecule has 0 bridgehead atoms. The summed E-state index contributed by atoms with van der Waals surface area (Å²) in [5.74, 6) is 0.942. The third kappa shape index (κ3) is 3.34. The van der Waals surface area contributed by atoms with Crippen molar-refractivity contribution in [2.45, 2.75) is 37.7 Å². The van der Waals surface area contributed by atoms with Gasteiger partial charge in [-0.25, -0.2) is 0 Å². The van der Waals surface area contributed by atoms with E-state index in [2.05, 4.69) is 30.3 Å². The van der Waals surface area contributed by atoms with Crippen LogP contribution in [0.3, 0.4) is 0 Å². The lowest BCUT2D eigenvalue weighted by Crippen LogP contribution is -2.27. The summed E-state index contributed by atoms with van der Waals surface area (Å²) in [6.45, 7) is 0. The number of benzene rings is 1. The first-order valence-electron chi connectivity index (χ1n) is 6.29. The van der Waals surface area contributed by atoms with Crippen LogP contribution in [0.1, 0.15) is 37.2 Å². The average molecular weight is 251 g/mol. The number of hydrogen-bond acceptors (Lipinski definition) is 1. The van der Waals surface area contributed by atoms with Gasteiger partial charge in [-0.2, -0.15) is 0 Å². The lowest BCUT2D eigenvalue weighted by atomic mass is 9.75. The van der Waals surface area contributed by atoms with E-state index in [1.165, 1.54) is 5.56 Å². The highest BCUT2D eigenvalue weighted by molar-refractivity contribution is 6.25. The number of rotatable bonds is 3. The van der Waals surface area contributed by atoms with Gasteiger partial charge in [0.15, 0.2) is 0 Å². The molecule has 0 spiro atoms. The molecule has 3 atom stereocenters. The molecule has 2 rings (SSSR count). The Labute approximate surface area is 108 Å². The minimum atomic E-state index is -0.164. The molecule has 2 heteroatoms. The van der Waals surface area contributed by atoms with Gasteiger partial charge >= 0.3 is 0 Å². The van der Waals surface area contributed by atoms with Crippen molar-refractivity contribution >= 4 is 11.6 Å². The molecular formula is C15H19ClO. The molecule has 1 nitrogen and oxygen atoms in total. The zero-order valence-corrected chi connectivity index (χ0v) is 10.7. The summed E-state index contributed by atoms with van der Waals surface area (Å²) in [6, 6.07) is 10.6. The van der Waals surface area contributed by atoms with Crippen molar-refractivity contribution in [2.24, 2.45) is 5.92 Å². The van der Waals surface area contributed by atoms with Crippen LogP contribution in [0, 0.1) is 5.92 Å². The molecule has 1 saturated carbocycles. The van der Waals surface area contributed by atoms with Crippen molar-refractivity contribution < 1.29 is 5.11 Å². The predicted molar refractivity (Wildman–Crippen MR) is 72.1 cm³/mol. The Morgan fingerprint density at radius 3 is 2.71 bits per heavy atom. The molecule has 1 fully saturated rings. The minimum absolute atomic E-state index is 0.164. The predicted octanol–water partition coefficient (Wildman–Crippen LogP) is 4.07. The molecule has 1 N–H and O–H groups in total. The van der Waals surface area contributed by atoms with E-state index >= 15 is 0 Å². The Hall–Kier alpha value is -0.790. The van der Waals surface area contributed by atoms with Crippen molar-refractivity contribution in [1.82, 2.24) is 0 Å². The Bertz CT molecular complexity index is 360. The van der Waals surface area contributed by atoms with E-state index in [-0.39, 0.29) is 6.10 Å². The molecule has 1 aromatic carbocycles. The van der Waals surface area contributed by atoms with Crippen molar-refractivity contribution in [1.29, 1.82) is 0 Å². The fourth-order valence-corrected chi connectivity index (χ4v) is 2.86. The van der Waals surface area contributed by atoms with Crippen LogP contribution >= 0.6 is 11.6 Å². The van der Waals surface area contributed by atoms with Crippen LogP contribution in [0.25, 0.3) is 0 Å². The highest BCUT2D eigenvalue weighted by Gasteiger charge is 2.28. The second-order valence-electron chi connectivity index (χ2n) is 4.85. The van der Waals surface area contributed by atoms with E-state index in [4.69, 9.17) is 11.6 Å². The monoisotopic (exact) mass is 250 g/mol. The van der Waals surface area contributed by atoms with Crippen LogP contribution in [0.15, 0.2) is 41.9 Å². The molecule has 1 aromatic rings. The Morgan fingerprint density at radius 1 is 1.24 bits per heavy atom. The van der Waals surface area contributed by atoms with Crippen LogP contribution in [0.5, 0.6) is 0 Å². The summed E-state index contributed by atoms with van der Waals surface area (Å²) in [5, 5.41) is 9.98. The maximum atomic E-state index is 9.98. The summed E-state index contributed by atoms with van der Waals surface area (Å²) < 4.78 is 0. The largest absolute Gasteiger partial charge is 0.393 e. The first kappa shape index (κ1) is 12.7. The second-order valence-corrected chi connectivity index (χ2v) is 5.10. The molecule has 1 aliphatic carbocycles. The smallest absolute Gasteiger partial charge is 0.0571 e. The number of halogens is 1. The van der Waals surface area contributed by atoms with Crippen molar-refractivity contribution in [3.8, 4) is 0 Å². The summed E-state index contributed by atoms with van der Waals surface area (Å²) in [6.07, 6.45) is 5.72. The third-order valence-electron chi connectivity index (χ3n) is 3.74. The van der Waals surface area contributed by atoms with E-state index in [1.54, 1.807) is 5.54 Å². The van der Waals surface area contributed by atoms with Crippen LogP contribution < -0.4 is 0 Å². The van der Waals surface area contributed by atoms with Gasteiger partial charge in [-0.3, -0.25) is 0 Å². The molecule has 92 valence electrons. The topological polar surface area (TPSA) is 20.2 Å². The Balaban J connectivity index is 2.02. The van der Waals surface area contributed by atoms with Gasteiger partial charge in [-0.05, 0) is 43.1 Å². The van der Waals surface area contributed by atoms with Gasteiger partial charge < -0.3 is 5.11 Å². The van der Waals surface area contributed by atoms with Crippen molar-refractivity contribution in [3.63, 3.8) is 0 Å². The molecule has 0 saturated heterocycles. The summed E-state index contributed by atoms with van der Waals surface area (Å²) in [4.78, 5) is 0. The molecular weight excluding hydrogens is 232 g/mol. The van der Waals surface area contributed by atoms with E-state index in [9.17, 15) is 5.11 Å². The van der Waals surface area contributed by atoms with Gasteiger partial charge in [0.2, 0.25) is 0 Å². The quantitative estimate of drug-likeness (QED) is 0.857. The van der Waals surface area contributed by atoms with Crippen LogP contribution in [0.4, 0.5) is 0 Å². The van der Waals surface area contributed by atoms with E-state index in [0.717, 1.165) is 25.7 Å². The number of aliphatic hydroxyl groups is 1. The fraction of sp³-hybridized carbons (Fsp3) is 0.467. The van der Waals surface area contributed by atoms with E-state index < -0.39 is 0 Å². The molecule has 0 amide bonds. The van der Waals surface area contributed by atoms with Gasteiger partial charge in [0.1, 0.15) is 0 Å². The van der Waals surface area contributed by atoms with Crippen LogP contribution in [-0.2, 0) is 0 Å². The first-order valence-corrected chi connectivity index (χ1v) is 6.73. The van der Waals surface area contributed by atoms with Gasteiger partial charge in [0.05, 0.1) is 6.10 Å². The maximum absolute atomic E-state index is 9.98. The molecule has 0 radical (unpaired) electrons. The standard InChI is InChI=1S/C15H19ClO/c16-10-4-7-14-11-13(8-9-15(14)17)12-5-2-1-3-6-12/h1-6,10,13-15,17H,7-9,11H2/b10-4+. The Morgan fingerprint density at radius 2 is 2.00 bits per heavy atom. The minimum Gasteiger partial charge on any atom is -0.393 e. The average Bonchev–Trinajstić information content (AvgIpc) is 2.39. The van der Waals surface area contributed by atoms with Gasteiger partial charge in [-0.1, -0.05) is 48.0 Å². The Kier molecular flexibility index (Phi) is 4.64. The van der Waals surface area contributed by atoms with Crippen molar-refractivity contribution in [3.05, 3.63) is 47.5 Å². The van der Waals surface area contributed by atoms with Gasteiger partial charge in [-0.15, -0.1) is 0 Å².